The summed E-state index contributed by atoms with van der Waals surface area (Å²) in [6.07, 6.45) is 4.60. The van der Waals surface area contributed by atoms with Gasteiger partial charge in [0.05, 0.1) is 0 Å². The molecule has 0 N–H and O–H groups in total. The minimum Gasteiger partial charge on any atom is -0.0625 e. The molecule has 0 aromatic rings. The Hall–Kier alpha value is 0. The summed E-state index contributed by atoms with van der Waals surface area (Å²) < 4.78 is 0. The first-order chi connectivity index (χ1) is 4.62. The molecular formula is C10H18. The highest BCUT2D eigenvalue weighted by Crippen LogP contribution is 2.66. The Kier molecular flexibility index (Phi) is 1.19. The molecule has 2 aliphatic carbocycles. The van der Waals surface area contributed by atoms with Crippen molar-refractivity contribution >= 4 is 0 Å². The second-order valence-electron chi connectivity index (χ2n) is 5.00. The van der Waals surface area contributed by atoms with Gasteiger partial charge in [0.1, 0.15) is 0 Å². The van der Waals surface area contributed by atoms with Crippen LogP contribution in [0.15, 0.2) is 0 Å². The quantitative estimate of drug-likeness (QED) is 0.522. The lowest BCUT2D eigenvalue weighted by Crippen LogP contribution is -2.07. The second kappa shape index (κ2) is 1.78. The third-order valence-electron chi connectivity index (χ3n) is 3.80. The Morgan fingerprint density at radius 2 is 2.00 bits per heavy atom. The van der Waals surface area contributed by atoms with Gasteiger partial charge >= 0.3 is 0 Å². The number of hydrogen-bond donors (Lipinski definition) is 0. The molecule has 10 heavy (non-hydrogen) atoms. The van der Waals surface area contributed by atoms with Gasteiger partial charge in [0.15, 0.2) is 0 Å². The summed E-state index contributed by atoms with van der Waals surface area (Å²) in [6.45, 7) is 7.22. The van der Waals surface area contributed by atoms with Crippen LogP contribution in [0.2, 0.25) is 0 Å². The van der Waals surface area contributed by atoms with Crippen molar-refractivity contribution in [1.82, 2.24) is 0 Å². The molecule has 0 spiro atoms. The van der Waals surface area contributed by atoms with Crippen LogP contribution < -0.4 is 0 Å². The molecular weight excluding hydrogens is 120 g/mol. The van der Waals surface area contributed by atoms with Crippen molar-refractivity contribution in [3.8, 4) is 0 Å². The highest BCUT2D eigenvalue weighted by Gasteiger charge is 2.56. The van der Waals surface area contributed by atoms with Gasteiger partial charge in [-0.1, -0.05) is 20.8 Å². The van der Waals surface area contributed by atoms with Gasteiger partial charge in [-0.25, -0.2) is 0 Å². The Balaban J connectivity index is 1.97. The molecule has 2 rings (SSSR count). The van der Waals surface area contributed by atoms with Gasteiger partial charge in [0.2, 0.25) is 0 Å². The van der Waals surface area contributed by atoms with Crippen molar-refractivity contribution < 1.29 is 0 Å². The van der Waals surface area contributed by atoms with Crippen LogP contribution in [0, 0.1) is 23.2 Å². The molecule has 3 atom stereocenters. The van der Waals surface area contributed by atoms with E-state index in [1.54, 1.807) is 0 Å². The topological polar surface area (TPSA) is 0 Å². The fraction of sp³-hybridized carbons (Fsp3) is 1.00. The Morgan fingerprint density at radius 3 is 2.30 bits per heavy atom. The van der Waals surface area contributed by atoms with Gasteiger partial charge in [0.25, 0.3) is 0 Å². The van der Waals surface area contributed by atoms with Gasteiger partial charge in [-0.15, -0.1) is 0 Å². The largest absolute Gasteiger partial charge is 0.0625 e. The number of fused-ring (bicyclic) bond motifs is 1. The number of hydrogen-bond acceptors (Lipinski definition) is 0. The average molecular weight is 138 g/mol. The van der Waals surface area contributed by atoms with E-state index in [1.807, 2.05) is 0 Å². The second-order valence-corrected chi connectivity index (χ2v) is 5.00. The molecule has 0 bridgehead atoms. The van der Waals surface area contributed by atoms with Crippen LogP contribution in [0.1, 0.15) is 40.0 Å². The molecule has 2 fully saturated rings. The maximum Gasteiger partial charge on any atom is -0.0292 e. The predicted octanol–water partition coefficient (Wildman–Crippen LogP) is 3.08. The predicted molar refractivity (Wildman–Crippen MR) is 43.8 cm³/mol. The normalized spacial score (nSPS) is 51.6. The van der Waals surface area contributed by atoms with E-state index in [0.29, 0.717) is 0 Å². The summed E-state index contributed by atoms with van der Waals surface area (Å²) in [6, 6.07) is 0. The lowest BCUT2D eigenvalue weighted by atomic mass is 9.89. The summed E-state index contributed by atoms with van der Waals surface area (Å²) in [5, 5.41) is 0. The van der Waals surface area contributed by atoms with Crippen molar-refractivity contribution in [2.45, 2.75) is 40.0 Å². The average Bonchev–Trinajstić information content (AvgIpc) is 2.32. The Bertz CT molecular complexity index is 148. The van der Waals surface area contributed by atoms with Gasteiger partial charge in [0, 0.05) is 0 Å². The number of rotatable bonds is 1. The van der Waals surface area contributed by atoms with E-state index in [1.165, 1.54) is 19.3 Å². The summed E-state index contributed by atoms with van der Waals surface area (Å²) in [7, 11) is 0. The van der Waals surface area contributed by atoms with E-state index in [4.69, 9.17) is 0 Å². The Morgan fingerprint density at radius 1 is 1.30 bits per heavy atom. The summed E-state index contributed by atoms with van der Waals surface area (Å²) in [5.74, 6) is 3.12. The van der Waals surface area contributed by atoms with Gasteiger partial charge in [-0.2, -0.15) is 0 Å². The molecule has 0 aromatic carbocycles. The molecule has 2 aliphatic rings. The van der Waals surface area contributed by atoms with Crippen molar-refractivity contribution in [2.24, 2.45) is 23.2 Å². The first kappa shape index (κ1) is 6.69. The zero-order valence-electron chi connectivity index (χ0n) is 7.35. The summed E-state index contributed by atoms with van der Waals surface area (Å²) in [5.41, 5.74) is 0.814. The van der Waals surface area contributed by atoms with E-state index >= 15 is 0 Å². The highest BCUT2D eigenvalue weighted by molar-refractivity contribution is 5.06. The SMILES string of the molecule is CC(C)C1C[C@@H]2C[C@]2(C)C1. The Labute approximate surface area is 64.0 Å². The van der Waals surface area contributed by atoms with Crippen molar-refractivity contribution in [1.29, 1.82) is 0 Å². The minimum atomic E-state index is 0.814. The first-order valence-corrected chi connectivity index (χ1v) is 4.62. The molecule has 58 valence electrons. The van der Waals surface area contributed by atoms with Crippen molar-refractivity contribution in [3.05, 3.63) is 0 Å². The molecule has 0 nitrogen and oxygen atoms in total. The van der Waals surface area contributed by atoms with Crippen molar-refractivity contribution in [3.63, 3.8) is 0 Å². The van der Waals surface area contributed by atoms with Crippen molar-refractivity contribution in [2.75, 3.05) is 0 Å². The van der Waals surface area contributed by atoms with E-state index in [0.717, 1.165) is 23.2 Å². The zero-order chi connectivity index (χ0) is 7.35. The maximum absolute atomic E-state index is 2.47. The molecule has 0 aliphatic heterocycles. The van der Waals surface area contributed by atoms with Crippen LogP contribution >= 0.6 is 0 Å². The van der Waals surface area contributed by atoms with Crippen LogP contribution in [-0.4, -0.2) is 0 Å². The highest BCUT2D eigenvalue weighted by atomic mass is 14.6. The van der Waals surface area contributed by atoms with Crippen LogP contribution in [0.4, 0.5) is 0 Å². The minimum absolute atomic E-state index is 0.814. The molecule has 0 heterocycles. The van der Waals surface area contributed by atoms with Gasteiger partial charge in [-0.05, 0) is 42.4 Å². The molecule has 0 aromatic heterocycles. The van der Waals surface area contributed by atoms with E-state index in [2.05, 4.69) is 20.8 Å². The lowest BCUT2D eigenvalue weighted by molar-refractivity contribution is 0.339. The molecule has 0 radical (unpaired) electrons. The van der Waals surface area contributed by atoms with E-state index < -0.39 is 0 Å². The molecule has 0 amide bonds. The van der Waals surface area contributed by atoms with E-state index in [9.17, 15) is 0 Å². The standard InChI is InChI=1S/C10H18/c1-7(2)8-4-9-6-10(9,3)5-8/h7-9H,4-6H2,1-3H3/t8?,9-,10+/m1/s1. The molecule has 0 saturated heterocycles. The fourth-order valence-corrected chi connectivity index (χ4v) is 2.68. The van der Waals surface area contributed by atoms with Gasteiger partial charge < -0.3 is 0 Å². The molecule has 1 unspecified atom stereocenters. The smallest absolute Gasteiger partial charge is 0.0292 e. The lowest BCUT2D eigenvalue weighted by Gasteiger charge is -2.16. The molecule has 0 heteroatoms. The third kappa shape index (κ3) is 0.810. The summed E-state index contributed by atoms with van der Waals surface area (Å²) >= 11 is 0. The fourth-order valence-electron chi connectivity index (χ4n) is 2.68. The van der Waals surface area contributed by atoms with Gasteiger partial charge in [-0.3, -0.25) is 0 Å². The van der Waals surface area contributed by atoms with Crippen LogP contribution in [0.5, 0.6) is 0 Å². The van der Waals surface area contributed by atoms with Crippen LogP contribution in [0.3, 0.4) is 0 Å². The molecule has 2 saturated carbocycles. The maximum atomic E-state index is 2.47. The monoisotopic (exact) mass is 138 g/mol. The van der Waals surface area contributed by atoms with Crippen LogP contribution in [-0.2, 0) is 0 Å². The summed E-state index contributed by atoms with van der Waals surface area (Å²) in [4.78, 5) is 0. The zero-order valence-corrected chi connectivity index (χ0v) is 7.35. The van der Waals surface area contributed by atoms with Crippen LogP contribution in [0.25, 0.3) is 0 Å². The third-order valence-corrected chi connectivity index (χ3v) is 3.80. The first-order valence-electron chi connectivity index (χ1n) is 4.62. The van der Waals surface area contributed by atoms with E-state index in [-0.39, 0.29) is 0 Å².